The standard InChI is InChI=1S/C43H12F19N/c1-11-25(44)27(46)23(28(47)26(11)45)14-6-15(24-33(52)39(58)43(62)40(59)34(24)53)8-16(7-14)63-19-4-2-12(21-29(48)35(54)41(60)36(55)30(21)49)9-17(19)18-10-13(3-5-20(18)63)22-31(50)37(56)42(61)38(57)32(22)51/h2-10H,1H3. The summed E-state index contributed by atoms with van der Waals surface area (Å²) in [6.07, 6.45) is 0. The molecule has 0 aliphatic heterocycles. The number of halogens is 19. The highest BCUT2D eigenvalue weighted by Gasteiger charge is 2.32. The van der Waals surface area contributed by atoms with E-state index >= 15 is 35.1 Å². The molecule has 0 atom stereocenters. The van der Waals surface area contributed by atoms with Crippen molar-refractivity contribution in [3.8, 4) is 50.2 Å². The number of rotatable bonds is 5. The van der Waals surface area contributed by atoms with Crippen LogP contribution in [0.2, 0.25) is 0 Å². The molecule has 0 aliphatic rings. The van der Waals surface area contributed by atoms with Crippen LogP contribution in [0.5, 0.6) is 0 Å². The summed E-state index contributed by atoms with van der Waals surface area (Å²) in [6.45, 7) is 0.622. The van der Waals surface area contributed by atoms with Gasteiger partial charge in [-0.2, -0.15) is 0 Å². The minimum atomic E-state index is -2.65. The Morgan fingerprint density at radius 3 is 0.825 bits per heavy atom. The lowest BCUT2D eigenvalue weighted by Crippen LogP contribution is -2.06. The molecule has 1 aromatic heterocycles. The van der Waals surface area contributed by atoms with Gasteiger partial charge < -0.3 is 4.57 Å². The molecule has 0 bridgehead atoms. The van der Waals surface area contributed by atoms with Crippen molar-refractivity contribution in [2.75, 3.05) is 0 Å². The number of fused-ring (bicyclic) bond motifs is 3. The monoisotopic (exact) mass is 903 g/mol. The Bertz CT molecular complexity index is 3020. The van der Waals surface area contributed by atoms with Crippen LogP contribution in [-0.4, -0.2) is 4.57 Å². The fourth-order valence-electron chi connectivity index (χ4n) is 7.21. The van der Waals surface area contributed by atoms with Gasteiger partial charge >= 0.3 is 0 Å². The van der Waals surface area contributed by atoms with Crippen LogP contribution in [0.3, 0.4) is 0 Å². The largest absolute Gasteiger partial charge is 0.309 e. The molecule has 63 heavy (non-hydrogen) atoms. The first-order valence-electron chi connectivity index (χ1n) is 17.2. The summed E-state index contributed by atoms with van der Waals surface area (Å²) in [5.74, 6) is -45.3. The molecule has 8 aromatic rings. The molecule has 0 spiro atoms. The molecule has 0 aliphatic carbocycles. The lowest BCUT2D eigenvalue weighted by molar-refractivity contribution is 0.381. The summed E-state index contributed by atoms with van der Waals surface area (Å²) >= 11 is 0. The van der Waals surface area contributed by atoms with E-state index in [0.29, 0.717) is 49.4 Å². The zero-order chi connectivity index (χ0) is 46.0. The molecular weight excluding hydrogens is 891 g/mol. The van der Waals surface area contributed by atoms with Gasteiger partial charge in [0.05, 0.1) is 33.3 Å². The molecule has 0 radical (unpaired) electrons. The smallest absolute Gasteiger partial charge is 0.200 e. The molecule has 0 saturated heterocycles. The highest BCUT2D eigenvalue weighted by atomic mass is 19.2. The van der Waals surface area contributed by atoms with Crippen LogP contribution in [-0.2, 0) is 0 Å². The van der Waals surface area contributed by atoms with Gasteiger partial charge in [0.1, 0.15) is 0 Å². The van der Waals surface area contributed by atoms with Gasteiger partial charge in [0, 0.05) is 22.0 Å². The first kappa shape index (κ1) is 42.7. The van der Waals surface area contributed by atoms with Crippen molar-refractivity contribution in [3.63, 3.8) is 0 Å². The zero-order valence-electron chi connectivity index (χ0n) is 30.3. The zero-order valence-corrected chi connectivity index (χ0v) is 30.3. The molecule has 1 nitrogen and oxygen atoms in total. The summed E-state index contributed by atoms with van der Waals surface area (Å²) in [5, 5.41) is -0.963. The average molecular weight is 904 g/mol. The van der Waals surface area contributed by atoms with E-state index in [1.165, 1.54) is 0 Å². The third-order valence-electron chi connectivity index (χ3n) is 10.2. The van der Waals surface area contributed by atoms with Crippen LogP contribution in [0.15, 0.2) is 54.6 Å². The van der Waals surface area contributed by atoms with E-state index in [9.17, 15) is 48.3 Å². The average Bonchev–Trinajstić information content (AvgIpc) is 3.59. The topological polar surface area (TPSA) is 4.93 Å². The summed E-state index contributed by atoms with van der Waals surface area (Å²) in [5.41, 5.74) is -13.1. The van der Waals surface area contributed by atoms with Gasteiger partial charge in [-0.1, -0.05) is 12.1 Å². The molecule has 322 valence electrons. The maximum atomic E-state index is 15.6. The van der Waals surface area contributed by atoms with Gasteiger partial charge in [0.15, 0.2) is 93.1 Å². The van der Waals surface area contributed by atoms with Crippen molar-refractivity contribution >= 4 is 21.8 Å². The SMILES string of the molecule is Cc1c(F)c(F)c(-c2cc(-c3c(F)c(F)c(F)c(F)c3F)cc(-n3c4ccc(-c5c(F)c(F)c(F)c(F)c5F)cc4c4cc(-c5c(F)c(F)c(F)c(F)c5F)ccc43)c2)c(F)c1F. The first-order chi connectivity index (χ1) is 29.6. The minimum Gasteiger partial charge on any atom is -0.309 e. The summed E-state index contributed by atoms with van der Waals surface area (Å²) in [6, 6.07) is 6.05. The lowest BCUT2D eigenvalue weighted by Gasteiger charge is -2.17. The molecule has 0 unspecified atom stereocenters. The van der Waals surface area contributed by atoms with Crippen molar-refractivity contribution in [2.24, 2.45) is 0 Å². The normalized spacial score (nSPS) is 11.8. The fourth-order valence-corrected chi connectivity index (χ4v) is 7.21. The Kier molecular flexibility index (Phi) is 10.1. The van der Waals surface area contributed by atoms with E-state index in [4.69, 9.17) is 0 Å². The van der Waals surface area contributed by atoms with Gasteiger partial charge in [0.25, 0.3) is 0 Å². The minimum absolute atomic E-state index is 0.369. The van der Waals surface area contributed by atoms with E-state index < -0.39 is 188 Å². The van der Waals surface area contributed by atoms with E-state index in [2.05, 4.69) is 0 Å². The Morgan fingerprint density at radius 1 is 0.270 bits per heavy atom. The van der Waals surface area contributed by atoms with Crippen molar-refractivity contribution in [2.45, 2.75) is 6.92 Å². The highest BCUT2D eigenvalue weighted by Crippen LogP contribution is 2.44. The van der Waals surface area contributed by atoms with Crippen LogP contribution >= 0.6 is 0 Å². The van der Waals surface area contributed by atoms with Gasteiger partial charge in [-0.05, 0) is 71.6 Å². The second-order valence-corrected chi connectivity index (χ2v) is 13.7. The molecule has 0 saturated carbocycles. The Labute approximate surface area is 337 Å². The predicted molar refractivity (Wildman–Crippen MR) is 186 cm³/mol. The van der Waals surface area contributed by atoms with E-state index in [1.54, 1.807) is 0 Å². The molecule has 0 N–H and O–H groups in total. The van der Waals surface area contributed by atoms with Crippen molar-refractivity contribution in [1.82, 2.24) is 4.57 Å². The Morgan fingerprint density at radius 2 is 0.524 bits per heavy atom. The second kappa shape index (κ2) is 14.8. The first-order valence-corrected chi connectivity index (χ1v) is 17.2. The van der Waals surface area contributed by atoms with Crippen molar-refractivity contribution in [1.29, 1.82) is 0 Å². The Balaban J connectivity index is 1.54. The number of nitrogens with zero attached hydrogens (tertiary/aromatic N) is 1. The number of hydrogen-bond acceptors (Lipinski definition) is 0. The van der Waals surface area contributed by atoms with Gasteiger partial charge in [-0.15, -0.1) is 0 Å². The van der Waals surface area contributed by atoms with Crippen molar-refractivity contribution < 1.29 is 83.4 Å². The number of benzene rings is 7. The maximum Gasteiger partial charge on any atom is 0.200 e. The summed E-state index contributed by atoms with van der Waals surface area (Å²) in [4.78, 5) is 0. The molecule has 1 heterocycles. The summed E-state index contributed by atoms with van der Waals surface area (Å²) < 4.78 is 282. The maximum absolute atomic E-state index is 15.6. The predicted octanol–water partition coefficient (Wildman–Crippen LogP) is 14.4. The van der Waals surface area contributed by atoms with Crippen LogP contribution in [0.25, 0.3) is 72.0 Å². The van der Waals surface area contributed by atoms with Crippen LogP contribution in [0.1, 0.15) is 5.56 Å². The fraction of sp³-hybridized carbons (Fsp3) is 0.0233. The lowest BCUT2D eigenvalue weighted by atomic mass is 9.95. The van der Waals surface area contributed by atoms with E-state index in [-0.39, 0.29) is 0 Å². The molecule has 7 aromatic carbocycles. The van der Waals surface area contributed by atoms with Crippen molar-refractivity contribution in [3.05, 3.63) is 171 Å². The van der Waals surface area contributed by atoms with Gasteiger partial charge in [-0.25, -0.2) is 83.4 Å². The van der Waals surface area contributed by atoms with Crippen LogP contribution in [0.4, 0.5) is 83.4 Å². The summed E-state index contributed by atoms with van der Waals surface area (Å²) in [7, 11) is 0. The van der Waals surface area contributed by atoms with Crippen LogP contribution < -0.4 is 0 Å². The number of aromatic nitrogens is 1. The Hall–Kier alpha value is -6.99. The van der Waals surface area contributed by atoms with Gasteiger partial charge in [-0.3, -0.25) is 0 Å². The second-order valence-electron chi connectivity index (χ2n) is 13.7. The molecule has 0 fully saturated rings. The third-order valence-corrected chi connectivity index (χ3v) is 10.2. The molecule has 0 amide bonds. The number of hydrogen-bond donors (Lipinski definition) is 0. The van der Waals surface area contributed by atoms with Crippen LogP contribution in [0, 0.1) is 117 Å². The molecule has 8 rings (SSSR count). The third kappa shape index (κ3) is 6.11. The van der Waals surface area contributed by atoms with E-state index in [1.807, 2.05) is 0 Å². The van der Waals surface area contributed by atoms with Gasteiger partial charge in [0.2, 0.25) is 17.5 Å². The molecular formula is C43H12F19N. The quantitative estimate of drug-likeness (QED) is 0.0921. The highest BCUT2D eigenvalue weighted by molar-refractivity contribution is 6.12. The van der Waals surface area contributed by atoms with E-state index in [0.717, 1.165) is 16.7 Å². The molecule has 20 heteroatoms.